The summed E-state index contributed by atoms with van der Waals surface area (Å²) >= 11 is 0. The Kier molecular flexibility index (Phi) is 13.3. The lowest BCUT2D eigenvalue weighted by atomic mass is 9.75. The maximum atomic E-state index is 12.2. The van der Waals surface area contributed by atoms with E-state index in [9.17, 15) is 4.79 Å². The van der Waals surface area contributed by atoms with Gasteiger partial charge in [-0.05, 0) is 116 Å². The Bertz CT molecular complexity index is 659. The minimum absolute atomic E-state index is 0.152. The van der Waals surface area contributed by atoms with Gasteiger partial charge in [-0.25, -0.2) is 0 Å². The third-order valence-corrected chi connectivity index (χ3v) is 8.93. The van der Waals surface area contributed by atoms with Crippen molar-refractivity contribution in [3.63, 3.8) is 0 Å². The molecule has 0 aromatic rings. The van der Waals surface area contributed by atoms with Gasteiger partial charge in [-0.15, -0.1) is 0 Å². The Morgan fingerprint density at radius 3 is 2.16 bits per heavy atom. The zero-order valence-corrected chi connectivity index (χ0v) is 25.3. The zero-order chi connectivity index (χ0) is 27.5. The summed E-state index contributed by atoms with van der Waals surface area (Å²) in [7, 11) is 0. The van der Waals surface area contributed by atoms with Crippen LogP contribution in [0.5, 0.6) is 0 Å². The molecule has 0 radical (unpaired) electrons. The van der Waals surface area contributed by atoms with E-state index in [-0.39, 0.29) is 18.3 Å². The largest absolute Gasteiger partial charge is 0.459 e. The topological polar surface area (TPSA) is 86.9 Å². The van der Waals surface area contributed by atoms with E-state index in [2.05, 4.69) is 40.0 Å². The highest BCUT2D eigenvalue weighted by Crippen LogP contribution is 2.33. The summed E-state index contributed by atoms with van der Waals surface area (Å²) in [6.45, 7) is 19.3. The molecular formula is C30H59N5O3. The summed E-state index contributed by atoms with van der Waals surface area (Å²) in [5.41, 5.74) is -0.430. The molecule has 1 aliphatic heterocycles. The lowest BCUT2D eigenvalue weighted by molar-refractivity contribution is -0.157. The van der Waals surface area contributed by atoms with Gasteiger partial charge in [0.15, 0.2) is 0 Å². The van der Waals surface area contributed by atoms with E-state index in [0.717, 1.165) is 51.8 Å². The standard InChI is InChI=1S/C30H59N5O3/c1-7-35(8-2)17-18-37-27-15-13-26(14-16-27)34-29-32-20-25(21-33-29)24-11-9-23(10-12-24)19-31-22(3)28(36)38-30(4,5)6/h22-27,29,31-34H,7-21H2,1-6H3/t22-,23?,24?,25?,26?,27?,29?/m1/s1. The van der Waals surface area contributed by atoms with Gasteiger partial charge in [0.25, 0.3) is 0 Å². The van der Waals surface area contributed by atoms with Crippen molar-refractivity contribution in [3.05, 3.63) is 0 Å². The molecular weight excluding hydrogens is 478 g/mol. The minimum Gasteiger partial charge on any atom is -0.459 e. The van der Waals surface area contributed by atoms with Crippen molar-refractivity contribution in [2.24, 2.45) is 17.8 Å². The van der Waals surface area contributed by atoms with Gasteiger partial charge in [0.2, 0.25) is 0 Å². The van der Waals surface area contributed by atoms with E-state index < -0.39 is 5.60 Å². The summed E-state index contributed by atoms with van der Waals surface area (Å²) in [6, 6.07) is 0.327. The van der Waals surface area contributed by atoms with Crippen molar-refractivity contribution in [2.75, 3.05) is 45.9 Å². The molecule has 0 spiro atoms. The number of rotatable bonds is 13. The van der Waals surface area contributed by atoms with E-state index in [1.54, 1.807) is 0 Å². The monoisotopic (exact) mass is 537 g/mol. The summed E-state index contributed by atoms with van der Waals surface area (Å²) in [6.07, 6.45) is 10.5. The van der Waals surface area contributed by atoms with Gasteiger partial charge >= 0.3 is 5.97 Å². The van der Waals surface area contributed by atoms with Crippen LogP contribution in [0.15, 0.2) is 0 Å². The van der Waals surface area contributed by atoms with E-state index in [0.29, 0.717) is 24.0 Å². The first kappa shape index (κ1) is 31.8. The van der Waals surface area contributed by atoms with Crippen LogP contribution in [0.25, 0.3) is 0 Å². The fourth-order valence-electron chi connectivity index (χ4n) is 6.33. The summed E-state index contributed by atoms with van der Waals surface area (Å²) in [5.74, 6) is 2.00. The number of nitrogens with one attached hydrogen (secondary N) is 4. The average Bonchev–Trinajstić information content (AvgIpc) is 2.90. The van der Waals surface area contributed by atoms with Crippen LogP contribution in [-0.2, 0) is 14.3 Å². The highest BCUT2D eigenvalue weighted by atomic mass is 16.6. The van der Waals surface area contributed by atoms with Crippen LogP contribution >= 0.6 is 0 Å². The van der Waals surface area contributed by atoms with Gasteiger partial charge in [-0.2, -0.15) is 0 Å². The molecule has 3 aliphatic rings. The first-order valence-corrected chi connectivity index (χ1v) is 15.7. The second kappa shape index (κ2) is 15.9. The summed E-state index contributed by atoms with van der Waals surface area (Å²) in [5, 5.41) is 14.7. The van der Waals surface area contributed by atoms with Gasteiger partial charge in [0.1, 0.15) is 17.9 Å². The molecule has 1 saturated heterocycles. The van der Waals surface area contributed by atoms with E-state index in [1.807, 2.05) is 27.7 Å². The maximum Gasteiger partial charge on any atom is 0.323 e. The van der Waals surface area contributed by atoms with Gasteiger partial charge in [-0.3, -0.25) is 20.7 Å². The SMILES string of the molecule is CCN(CC)CCOC1CCC(NC2NCC(C3CCC(CN[C@H](C)C(=O)OC(C)(C)C)CC3)CN2)CC1. The molecule has 8 heteroatoms. The second-order valence-corrected chi connectivity index (χ2v) is 13.0. The number of hydrogen-bond donors (Lipinski definition) is 4. The molecule has 4 N–H and O–H groups in total. The van der Waals surface area contributed by atoms with Crippen LogP contribution in [0.1, 0.15) is 92.9 Å². The molecule has 0 aromatic heterocycles. The Labute approximate surface area is 233 Å². The number of ether oxygens (including phenoxy) is 2. The van der Waals surface area contributed by atoms with Crippen LogP contribution in [-0.4, -0.2) is 86.8 Å². The van der Waals surface area contributed by atoms with Crippen LogP contribution in [0.2, 0.25) is 0 Å². The number of carbonyl (C=O) groups excluding carboxylic acids is 1. The Balaban J connectivity index is 1.24. The first-order chi connectivity index (χ1) is 18.2. The highest BCUT2D eigenvalue weighted by Gasteiger charge is 2.32. The number of likely N-dealkylation sites (N-methyl/N-ethyl adjacent to an activating group) is 1. The molecule has 1 atom stereocenters. The summed E-state index contributed by atoms with van der Waals surface area (Å²) in [4.78, 5) is 14.7. The molecule has 0 amide bonds. The van der Waals surface area contributed by atoms with Crippen molar-refractivity contribution in [1.29, 1.82) is 0 Å². The van der Waals surface area contributed by atoms with Crippen LogP contribution in [0, 0.1) is 17.8 Å². The molecule has 8 nitrogen and oxygen atoms in total. The van der Waals surface area contributed by atoms with Crippen molar-refractivity contribution >= 4 is 5.97 Å². The quantitative estimate of drug-likeness (QED) is 0.266. The predicted molar refractivity (Wildman–Crippen MR) is 155 cm³/mol. The van der Waals surface area contributed by atoms with Crippen molar-refractivity contribution in [3.8, 4) is 0 Å². The molecule has 3 rings (SSSR count). The molecule has 0 aromatic carbocycles. The number of esters is 1. The Hall–Kier alpha value is -0.770. The molecule has 2 aliphatic carbocycles. The van der Waals surface area contributed by atoms with Gasteiger partial charge in [-0.1, -0.05) is 13.8 Å². The molecule has 0 bridgehead atoms. The number of nitrogens with zero attached hydrogens (tertiary/aromatic N) is 1. The Morgan fingerprint density at radius 2 is 1.58 bits per heavy atom. The van der Waals surface area contributed by atoms with E-state index in [4.69, 9.17) is 9.47 Å². The molecule has 2 saturated carbocycles. The van der Waals surface area contributed by atoms with E-state index >= 15 is 0 Å². The van der Waals surface area contributed by atoms with Crippen LogP contribution < -0.4 is 21.3 Å². The molecule has 222 valence electrons. The molecule has 3 fully saturated rings. The third-order valence-electron chi connectivity index (χ3n) is 8.93. The molecule has 38 heavy (non-hydrogen) atoms. The second-order valence-electron chi connectivity index (χ2n) is 13.0. The van der Waals surface area contributed by atoms with Crippen molar-refractivity contribution < 1.29 is 14.3 Å². The summed E-state index contributed by atoms with van der Waals surface area (Å²) < 4.78 is 11.7. The predicted octanol–water partition coefficient (Wildman–Crippen LogP) is 3.46. The third kappa shape index (κ3) is 11.0. The smallest absolute Gasteiger partial charge is 0.323 e. The zero-order valence-electron chi connectivity index (χ0n) is 25.3. The normalized spacial score (nSPS) is 31.8. The Morgan fingerprint density at radius 1 is 0.947 bits per heavy atom. The fraction of sp³-hybridized carbons (Fsp3) is 0.967. The van der Waals surface area contributed by atoms with E-state index in [1.165, 1.54) is 51.4 Å². The molecule has 1 heterocycles. The molecule has 0 unspecified atom stereocenters. The lowest BCUT2D eigenvalue weighted by Gasteiger charge is -2.41. The average molecular weight is 538 g/mol. The van der Waals surface area contributed by atoms with Crippen molar-refractivity contribution in [2.45, 2.75) is 123 Å². The number of carbonyl (C=O) groups is 1. The minimum atomic E-state index is -0.430. The van der Waals surface area contributed by atoms with Crippen LogP contribution in [0.4, 0.5) is 0 Å². The highest BCUT2D eigenvalue weighted by molar-refractivity contribution is 5.75. The number of hydrogen-bond acceptors (Lipinski definition) is 8. The van der Waals surface area contributed by atoms with Gasteiger partial charge in [0.05, 0.1) is 12.7 Å². The van der Waals surface area contributed by atoms with Gasteiger partial charge in [0, 0.05) is 25.7 Å². The van der Waals surface area contributed by atoms with Gasteiger partial charge < -0.3 is 19.7 Å². The fourth-order valence-corrected chi connectivity index (χ4v) is 6.33. The van der Waals surface area contributed by atoms with Crippen molar-refractivity contribution in [1.82, 2.24) is 26.2 Å². The maximum absolute atomic E-state index is 12.2. The van der Waals surface area contributed by atoms with Crippen LogP contribution in [0.3, 0.4) is 0 Å². The first-order valence-electron chi connectivity index (χ1n) is 15.7. The lowest BCUT2D eigenvalue weighted by Crippen LogP contribution is -2.63.